The smallest absolute Gasteiger partial charge is 0.262 e. The molecule has 7 atom stereocenters. The Labute approximate surface area is 314 Å². The third kappa shape index (κ3) is 6.40. The molecule has 52 heavy (non-hydrogen) atoms. The Hall–Kier alpha value is -2.57. The van der Waals surface area contributed by atoms with E-state index in [9.17, 15) is 17.4 Å². The van der Waals surface area contributed by atoms with Crippen molar-refractivity contribution in [1.82, 2.24) is 9.62 Å². The van der Waals surface area contributed by atoms with E-state index < -0.39 is 31.1 Å². The van der Waals surface area contributed by atoms with Crippen LogP contribution in [0.3, 0.4) is 0 Å². The lowest BCUT2D eigenvalue weighted by molar-refractivity contribution is -0.115. The number of nitrogens with zero attached hydrogens (tertiary/aromatic N) is 2. The number of anilines is 1. The molecule has 282 valence electrons. The van der Waals surface area contributed by atoms with Gasteiger partial charge in [-0.1, -0.05) is 36.7 Å². The number of ether oxygens (including phenoxy) is 2. The number of sulfone groups is 1. The number of likely N-dealkylation sites (tertiary alicyclic amines) is 1. The summed E-state index contributed by atoms with van der Waals surface area (Å²) < 4.78 is 54.3. The fourth-order valence-corrected chi connectivity index (χ4v) is 14.2. The highest BCUT2D eigenvalue weighted by Gasteiger charge is 2.58. The fourth-order valence-electron chi connectivity index (χ4n) is 10.3. The standard InChI is InChI=1S/C40H52ClN3O6S2/c1-27-7-5-16-40(49-3,23-43-20-38(21-43)25-52(47,48)26-38)34-12-9-31(34)19-44-22-39(15-6-8-29-17-32(41)11-13-33(29)39)24-50-36-14-10-30(18-35(36)44)37(45)42-51(4,46)28(27)2/h5,10-11,13-14,16-18,27-28,31,34H,4,6-9,12,15,19-26H2,1-3H3,(H,42,45,46)/b16-5+/t27-,28+,31-,34+,39-,40-,51?/m0/s1. The molecule has 1 unspecified atom stereocenters. The lowest BCUT2D eigenvalue weighted by Crippen LogP contribution is -2.71. The van der Waals surface area contributed by atoms with Crippen LogP contribution in [0.15, 0.2) is 48.6 Å². The molecule has 2 aromatic carbocycles. The van der Waals surface area contributed by atoms with Gasteiger partial charge in [0.15, 0.2) is 9.84 Å². The molecule has 6 aliphatic rings. The van der Waals surface area contributed by atoms with Gasteiger partial charge in [-0.3, -0.25) is 14.4 Å². The number of amides is 1. The number of rotatable bonds is 3. The summed E-state index contributed by atoms with van der Waals surface area (Å²) in [5, 5.41) is 0.368. The summed E-state index contributed by atoms with van der Waals surface area (Å²) in [5.74, 6) is 5.45. The summed E-state index contributed by atoms with van der Waals surface area (Å²) in [7, 11) is -4.09. The first-order valence-corrected chi connectivity index (χ1v) is 22.8. The number of nitrogens with one attached hydrogen (secondary N) is 1. The summed E-state index contributed by atoms with van der Waals surface area (Å²) in [4.78, 5) is 18.6. The first-order valence-electron chi connectivity index (χ1n) is 18.8. The number of fused-ring (bicyclic) bond motifs is 4. The second-order valence-corrected chi connectivity index (χ2v) is 21.9. The molecule has 12 heteroatoms. The Morgan fingerprint density at radius 3 is 2.58 bits per heavy atom. The maximum atomic E-state index is 14.0. The van der Waals surface area contributed by atoms with Gasteiger partial charge in [0.1, 0.15) is 11.4 Å². The SMILES string of the molecule is C=S1(=O)NC(=O)c2ccc3c(c2)N(C[C@@H]2CC[C@H]2[C@](CN2CC4(C2)CS(=O)(=O)C4)(OC)/C=C/C[C@H](C)[C@H]1C)C[C@@]1(CCCc2cc(Cl)ccc21)CO3. The number of carbonyl (C=O) groups is 1. The average molecular weight is 770 g/mol. The number of hydrogen-bond donors (Lipinski definition) is 1. The highest BCUT2D eigenvalue weighted by Crippen LogP contribution is 2.51. The molecule has 1 N–H and O–H groups in total. The Kier molecular flexibility index (Phi) is 9.13. The molecule has 2 saturated heterocycles. The van der Waals surface area contributed by atoms with Gasteiger partial charge < -0.3 is 14.4 Å². The number of hydrogen-bond acceptors (Lipinski definition) is 8. The van der Waals surface area contributed by atoms with Crippen LogP contribution in [-0.2, 0) is 36.1 Å². The molecule has 2 aliphatic carbocycles. The summed E-state index contributed by atoms with van der Waals surface area (Å²) in [6, 6.07) is 11.8. The van der Waals surface area contributed by atoms with Crippen molar-refractivity contribution < 1.29 is 26.9 Å². The van der Waals surface area contributed by atoms with Crippen LogP contribution in [0.25, 0.3) is 0 Å². The van der Waals surface area contributed by atoms with Crippen LogP contribution in [0.5, 0.6) is 5.75 Å². The van der Waals surface area contributed by atoms with Crippen LogP contribution in [0, 0.1) is 23.2 Å². The maximum absolute atomic E-state index is 14.0. The molecule has 4 aliphatic heterocycles. The average Bonchev–Trinajstić information content (AvgIpc) is 3.20. The molecule has 2 aromatic rings. The van der Waals surface area contributed by atoms with Crippen LogP contribution in [-0.4, -0.2) is 98.1 Å². The summed E-state index contributed by atoms with van der Waals surface area (Å²) in [6.07, 6.45) is 10.1. The van der Waals surface area contributed by atoms with Crippen LogP contribution in [0.2, 0.25) is 5.02 Å². The van der Waals surface area contributed by atoms with Gasteiger partial charge >= 0.3 is 0 Å². The number of methoxy groups -OCH3 is 1. The molecular formula is C40H52ClN3O6S2. The predicted molar refractivity (Wildman–Crippen MR) is 209 cm³/mol. The summed E-state index contributed by atoms with van der Waals surface area (Å²) in [5.41, 5.74) is 2.91. The molecule has 2 spiro atoms. The van der Waals surface area contributed by atoms with E-state index in [0.29, 0.717) is 31.1 Å². The normalized spacial score (nSPS) is 37.2. The first-order chi connectivity index (χ1) is 24.6. The van der Waals surface area contributed by atoms with Gasteiger partial charge in [-0.25, -0.2) is 12.6 Å². The van der Waals surface area contributed by atoms with Crippen LogP contribution in [0.4, 0.5) is 5.69 Å². The zero-order chi connectivity index (χ0) is 36.7. The van der Waals surface area contributed by atoms with E-state index in [2.05, 4.69) is 51.6 Å². The van der Waals surface area contributed by atoms with Crippen LogP contribution >= 0.6 is 11.6 Å². The van der Waals surface area contributed by atoms with Crippen LogP contribution in [0.1, 0.15) is 67.4 Å². The Morgan fingerprint density at radius 1 is 1.08 bits per heavy atom. The van der Waals surface area contributed by atoms with Crippen molar-refractivity contribution in [3.05, 3.63) is 70.3 Å². The number of aryl methyl sites for hydroxylation is 1. The molecule has 3 fully saturated rings. The quantitative estimate of drug-likeness (QED) is 0.332. The molecule has 4 heterocycles. The Balaban J connectivity index is 1.18. The third-order valence-corrected chi connectivity index (χ3v) is 17.9. The van der Waals surface area contributed by atoms with Crippen molar-refractivity contribution in [1.29, 1.82) is 0 Å². The fraction of sp³-hybridized carbons (Fsp3) is 0.600. The van der Waals surface area contributed by atoms with Gasteiger partial charge in [-0.05, 0) is 111 Å². The summed E-state index contributed by atoms with van der Waals surface area (Å²) >= 11 is 6.49. The van der Waals surface area contributed by atoms with Crippen LogP contribution < -0.4 is 14.4 Å². The van der Waals surface area contributed by atoms with E-state index in [1.807, 2.05) is 32.2 Å². The molecular weight excluding hydrogens is 718 g/mol. The van der Waals surface area contributed by atoms with Gasteiger partial charge in [-0.15, -0.1) is 0 Å². The number of allylic oxidation sites excluding steroid dienone is 1. The minimum absolute atomic E-state index is 0.0194. The monoisotopic (exact) mass is 769 g/mol. The molecule has 2 bridgehead atoms. The third-order valence-electron chi connectivity index (χ3n) is 13.4. The van der Waals surface area contributed by atoms with Crippen molar-refractivity contribution in [2.75, 3.05) is 62.8 Å². The molecule has 1 saturated carbocycles. The number of benzene rings is 2. The summed E-state index contributed by atoms with van der Waals surface area (Å²) in [6.45, 7) is 8.18. The zero-order valence-electron chi connectivity index (χ0n) is 30.6. The maximum Gasteiger partial charge on any atom is 0.262 e. The highest BCUT2D eigenvalue weighted by molar-refractivity contribution is 7.99. The second-order valence-electron chi connectivity index (χ2n) is 17.0. The van der Waals surface area contributed by atoms with Gasteiger partial charge in [0.2, 0.25) is 0 Å². The van der Waals surface area contributed by atoms with E-state index in [4.69, 9.17) is 21.1 Å². The lowest BCUT2D eigenvalue weighted by atomic mass is 9.63. The van der Waals surface area contributed by atoms with E-state index in [-0.39, 0.29) is 39.4 Å². The Bertz CT molecular complexity index is 2000. The first kappa shape index (κ1) is 36.4. The topological polar surface area (TPSA) is 105 Å². The molecule has 8 rings (SSSR count). The molecule has 0 radical (unpaired) electrons. The van der Waals surface area contributed by atoms with E-state index in [0.717, 1.165) is 74.7 Å². The van der Waals surface area contributed by atoms with E-state index >= 15 is 0 Å². The van der Waals surface area contributed by atoms with Gasteiger partial charge in [0, 0.05) is 66.5 Å². The predicted octanol–water partition coefficient (Wildman–Crippen LogP) is 5.30. The molecule has 9 nitrogen and oxygen atoms in total. The van der Waals surface area contributed by atoms with E-state index in [1.165, 1.54) is 11.1 Å². The van der Waals surface area contributed by atoms with Crippen molar-refractivity contribution >= 4 is 48.6 Å². The number of halogens is 1. The number of carbonyl (C=O) groups excluding carboxylic acids is 1. The molecule has 1 amide bonds. The molecule has 0 aromatic heterocycles. The lowest BCUT2D eigenvalue weighted by Gasteiger charge is -2.58. The minimum atomic E-state index is -2.99. The second kappa shape index (κ2) is 13.0. The van der Waals surface area contributed by atoms with Gasteiger partial charge in [0.25, 0.3) is 5.91 Å². The van der Waals surface area contributed by atoms with Gasteiger partial charge in [0.05, 0.1) is 33.5 Å². The van der Waals surface area contributed by atoms with Crippen molar-refractivity contribution in [2.45, 2.75) is 68.6 Å². The van der Waals surface area contributed by atoms with E-state index in [1.54, 1.807) is 6.07 Å². The zero-order valence-corrected chi connectivity index (χ0v) is 33.0. The largest absolute Gasteiger partial charge is 0.490 e. The van der Waals surface area contributed by atoms with Crippen molar-refractivity contribution in [3.63, 3.8) is 0 Å². The van der Waals surface area contributed by atoms with Crippen molar-refractivity contribution in [2.24, 2.45) is 23.2 Å². The minimum Gasteiger partial charge on any atom is -0.490 e. The highest BCUT2D eigenvalue weighted by atomic mass is 35.5. The van der Waals surface area contributed by atoms with Crippen molar-refractivity contribution in [3.8, 4) is 5.75 Å². The van der Waals surface area contributed by atoms with Gasteiger partial charge in [-0.2, -0.15) is 0 Å². The Morgan fingerprint density at radius 2 is 1.87 bits per heavy atom.